The van der Waals surface area contributed by atoms with E-state index >= 15 is 0 Å². The minimum absolute atomic E-state index is 0.0425. The summed E-state index contributed by atoms with van der Waals surface area (Å²) in [5.74, 6) is -1.53. The minimum Gasteiger partial charge on any atom is -0.756 e. The lowest BCUT2D eigenvalue weighted by Crippen LogP contribution is -2.37. The van der Waals surface area contributed by atoms with Gasteiger partial charge in [-0.3, -0.25) is 18.9 Å². The molecule has 1 aliphatic carbocycles. The summed E-state index contributed by atoms with van der Waals surface area (Å²) in [4.78, 5) is 50.3. The van der Waals surface area contributed by atoms with Crippen molar-refractivity contribution in [1.82, 2.24) is 0 Å². The molecule has 0 aromatic rings. The molecule has 0 aliphatic heterocycles. The molecule has 0 bridgehead atoms. The molecule has 0 amide bonds. The molecule has 0 heterocycles. The molecule has 0 saturated heterocycles. The second-order valence-electron chi connectivity index (χ2n) is 17.2. The van der Waals surface area contributed by atoms with Crippen LogP contribution in [0.4, 0.5) is 0 Å². The van der Waals surface area contributed by atoms with Crippen molar-refractivity contribution >= 4 is 25.5 Å². The third-order valence-corrected chi connectivity index (χ3v) is 11.6. The molecule has 0 radical (unpaired) electrons. The van der Waals surface area contributed by atoms with Gasteiger partial charge in [0, 0.05) is 31.1 Å². The SMILES string of the molecule is CCCCCCCCCCCCCCCC(=O)OC[C@H](COP(=O)([O-])OCC[N+](C)(C)C)OC(=O)CCCCCC[C@H]1C(=O)C[C@@H](O)[C@@H]1/C=C/[C@@H](O)CCCCC. The van der Waals surface area contributed by atoms with E-state index in [1.54, 1.807) is 6.08 Å². The van der Waals surface area contributed by atoms with Crippen molar-refractivity contribution in [2.24, 2.45) is 11.8 Å². The Balaban J connectivity index is 2.48. The van der Waals surface area contributed by atoms with Gasteiger partial charge in [-0.15, -0.1) is 0 Å². The van der Waals surface area contributed by atoms with Gasteiger partial charge in [-0.25, -0.2) is 0 Å². The lowest BCUT2D eigenvalue weighted by Gasteiger charge is -2.28. The van der Waals surface area contributed by atoms with E-state index in [4.69, 9.17) is 18.5 Å². The number of ether oxygens (including phenoxy) is 2. The second kappa shape index (κ2) is 32.2. The fourth-order valence-corrected chi connectivity index (χ4v) is 7.81. The zero-order valence-corrected chi connectivity index (χ0v) is 37.4. The quantitative estimate of drug-likeness (QED) is 0.0202. The molecular weight excluding hydrogens is 749 g/mol. The van der Waals surface area contributed by atoms with Gasteiger partial charge in [-0.2, -0.15) is 0 Å². The number of aliphatic hydroxyl groups is 2. The van der Waals surface area contributed by atoms with Gasteiger partial charge in [0.05, 0.1) is 40.0 Å². The number of nitrogens with zero attached hydrogens (tertiary/aromatic N) is 1. The normalized spacial score (nSPS) is 19.5. The highest BCUT2D eigenvalue weighted by molar-refractivity contribution is 7.45. The summed E-state index contributed by atoms with van der Waals surface area (Å²) in [6, 6.07) is 0. The smallest absolute Gasteiger partial charge is 0.306 e. The molecule has 6 atom stereocenters. The molecule has 334 valence electrons. The molecule has 1 rings (SSSR count). The average molecular weight is 832 g/mol. The van der Waals surface area contributed by atoms with Crippen molar-refractivity contribution < 1.29 is 57.1 Å². The van der Waals surface area contributed by atoms with Crippen molar-refractivity contribution in [2.45, 2.75) is 193 Å². The number of esters is 2. The lowest BCUT2D eigenvalue weighted by atomic mass is 9.88. The topological polar surface area (TPSA) is 169 Å². The van der Waals surface area contributed by atoms with Crippen LogP contribution in [-0.4, -0.2) is 98.2 Å². The first-order valence-electron chi connectivity index (χ1n) is 22.5. The second-order valence-corrected chi connectivity index (χ2v) is 18.6. The molecule has 2 N–H and O–H groups in total. The Labute approximate surface area is 346 Å². The Morgan fingerprint density at radius 3 is 1.89 bits per heavy atom. The standard InChI is InChI=1S/C44H82NO11P/c1-6-8-10-11-12-13-14-15-16-17-18-19-24-28-43(49)53-35-38(36-55-57(51,52)54-33-32-45(3,4)5)56-44(50)29-25-21-20-23-27-39-40(42(48)34-41(39)47)31-30-37(46)26-22-9-7-2/h30-31,37-40,42,46,48H,6-29,32-36H2,1-5H3/b31-30+/t37-,38+,39+,40+,42+/m0/s1. The van der Waals surface area contributed by atoms with Crippen LogP contribution in [0.3, 0.4) is 0 Å². The van der Waals surface area contributed by atoms with E-state index in [-0.39, 0.29) is 50.1 Å². The zero-order valence-electron chi connectivity index (χ0n) is 36.5. The summed E-state index contributed by atoms with van der Waals surface area (Å²) in [6.07, 6.45) is 24.2. The first-order valence-corrected chi connectivity index (χ1v) is 24.0. The van der Waals surface area contributed by atoms with Crippen LogP contribution in [0.15, 0.2) is 12.2 Å². The number of phosphoric acid groups is 1. The highest BCUT2D eigenvalue weighted by atomic mass is 31.2. The van der Waals surface area contributed by atoms with Crippen molar-refractivity contribution in [3.05, 3.63) is 12.2 Å². The van der Waals surface area contributed by atoms with E-state index in [1.165, 1.54) is 57.8 Å². The van der Waals surface area contributed by atoms with Crippen molar-refractivity contribution in [2.75, 3.05) is 47.5 Å². The lowest BCUT2D eigenvalue weighted by molar-refractivity contribution is -0.870. The van der Waals surface area contributed by atoms with Crippen molar-refractivity contribution in [3.63, 3.8) is 0 Å². The van der Waals surface area contributed by atoms with Crippen LogP contribution in [0.5, 0.6) is 0 Å². The molecule has 0 aromatic heterocycles. The number of hydrogen-bond donors (Lipinski definition) is 2. The molecule has 1 unspecified atom stereocenters. The maximum absolute atomic E-state index is 12.8. The summed E-state index contributed by atoms with van der Waals surface area (Å²) in [5, 5.41) is 20.7. The van der Waals surface area contributed by atoms with Crippen LogP contribution in [0, 0.1) is 11.8 Å². The van der Waals surface area contributed by atoms with Gasteiger partial charge in [0.25, 0.3) is 7.82 Å². The van der Waals surface area contributed by atoms with E-state index < -0.39 is 44.7 Å². The van der Waals surface area contributed by atoms with Crippen LogP contribution >= 0.6 is 7.82 Å². The van der Waals surface area contributed by atoms with E-state index in [2.05, 4.69) is 13.8 Å². The highest BCUT2D eigenvalue weighted by Gasteiger charge is 2.39. The summed E-state index contributed by atoms with van der Waals surface area (Å²) < 4.78 is 33.9. The zero-order chi connectivity index (χ0) is 42.4. The Hall–Kier alpha value is -1.66. The number of aliphatic hydroxyl groups excluding tert-OH is 2. The van der Waals surface area contributed by atoms with E-state index in [9.17, 15) is 34.1 Å². The van der Waals surface area contributed by atoms with E-state index in [0.717, 1.165) is 51.4 Å². The molecule has 1 aliphatic rings. The van der Waals surface area contributed by atoms with Crippen molar-refractivity contribution in [3.8, 4) is 0 Å². The van der Waals surface area contributed by atoms with Gasteiger partial charge in [-0.05, 0) is 25.7 Å². The van der Waals surface area contributed by atoms with Gasteiger partial charge < -0.3 is 38.1 Å². The van der Waals surface area contributed by atoms with Gasteiger partial charge in [0.15, 0.2) is 6.10 Å². The van der Waals surface area contributed by atoms with E-state index in [0.29, 0.717) is 43.1 Å². The van der Waals surface area contributed by atoms with Crippen LogP contribution in [-0.2, 0) is 37.5 Å². The number of phosphoric ester groups is 1. The average Bonchev–Trinajstić information content (AvgIpc) is 3.41. The number of likely N-dealkylation sites (N-methyl/N-ethyl adjacent to an activating group) is 1. The first kappa shape index (κ1) is 53.4. The first-order chi connectivity index (χ1) is 27.2. The molecule has 57 heavy (non-hydrogen) atoms. The number of quaternary nitrogens is 1. The molecular formula is C44H82NO11P. The number of carbonyl (C=O) groups excluding carboxylic acids is 3. The van der Waals surface area contributed by atoms with Gasteiger partial charge in [0.1, 0.15) is 25.5 Å². The van der Waals surface area contributed by atoms with Crippen molar-refractivity contribution in [1.29, 1.82) is 0 Å². The molecule has 0 spiro atoms. The van der Waals surface area contributed by atoms with Crippen LogP contribution in [0.1, 0.15) is 174 Å². The van der Waals surface area contributed by atoms with Gasteiger partial charge in [-0.1, -0.05) is 142 Å². The Kier molecular flexibility index (Phi) is 30.1. The molecule has 12 nitrogen and oxygen atoms in total. The number of rotatable bonds is 37. The minimum atomic E-state index is -4.69. The van der Waals surface area contributed by atoms with E-state index in [1.807, 2.05) is 27.2 Å². The maximum atomic E-state index is 12.8. The predicted molar refractivity (Wildman–Crippen MR) is 223 cm³/mol. The summed E-state index contributed by atoms with van der Waals surface area (Å²) >= 11 is 0. The largest absolute Gasteiger partial charge is 0.756 e. The van der Waals surface area contributed by atoms with Crippen LogP contribution in [0.25, 0.3) is 0 Å². The number of Topliss-reactive ketones (excluding diaryl/α,β-unsaturated/α-hetero) is 1. The number of hydrogen-bond acceptors (Lipinski definition) is 11. The number of carbonyl (C=O) groups is 3. The van der Waals surface area contributed by atoms with Gasteiger partial charge >= 0.3 is 11.9 Å². The predicted octanol–water partition coefficient (Wildman–Crippen LogP) is 8.53. The maximum Gasteiger partial charge on any atom is 0.306 e. The molecule has 13 heteroatoms. The summed E-state index contributed by atoms with van der Waals surface area (Å²) in [7, 11) is 1.03. The third-order valence-electron chi connectivity index (χ3n) is 10.7. The number of ketones is 1. The van der Waals surface area contributed by atoms with Crippen LogP contribution < -0.4 is 4.89 Å². The highest BCUT2D eigenvalue weighted by Crippen LogP contribution is 2.38. The Bertz CT molecular complexity index is 1140. The third kappa shape index (κ3) is 29.2. The number of unbranched alkanes of at least 4 members (excludes halogenated alkanes) is 17. The van der Waals surface area contributed by atoms with Crippen LogP contribution in [0.2, 0.25) is 0 Å². The molecule has 1 fully saturated rings. The Morgan fingerprint density at radius 2 is 1.32 bits per heavy atom. The fourth-order valence-electron chi connectivity index (χ4n) is 7.08. The summed E-state index contributed by atoms with van der Waals surface area (Å²) in [5.41, 5.74) is 0. The Morgan fingerprint density at radius 1 is 0.789 bits per heavy atom. The molecule has 1 saturated carbocycles. The summed E-state index contributed by atoms with van der Waals surface area (Å²) in [6.45, 7) is 3.85. The monoisotopic (exact) mass is 832 g/mol. The van der Waals surface area contributed by atoms with Gasteiger partial charge in [0.2, 0.25) is 0 Å². The fraction of sp³-hybridized carbons (Fsp3) is 0.886. The molecule has 0 aromatic carbocycles.